The molecule has 0 aliphatic carbocycles. The first kappa shape index (κ1) is 21.8. The van der Waals surface area contributed by atoms with Crippen molar-refractivity contribution in [1.82, 2.24) is 0 Å². The molecule has 0 heterocycles. The SMILES string of the molecule is Cc1cc(C)c(NC(=O)CN(c2ccc(OC(C)C)cc2)S(C)(=O)=O)c(C)c1. The summed E-state index contributed by atoms with van der Waals surface area (Å²) >= 11 is 0. The van der Waals surface area contributed by atoms with Gasteiger partial charge < -0.3 is 10.1 Å². The zero-order valence-electron chi connectivity index (χ0n) is 17.2. The molecule has 0 saturated carbocycles. The fourth-order valence-electron chi connectivity index (χ4n) is 3.05. The summed E-state index contributed by atoms with van der Waals surface area (Å²) in [5.41, 5.74) is 4.10. The predicted molar refractivity (Wildman–Crippen MR) is 114 cm³/mol. The Bertz CT molecular complexity index is 928. The Hall–Kier alpha value is -2.54. The summed E-state index contributed by atoms with van der Waals surface area (Å²) in [6.45, 7) is 9.33. The van der Waals surface area contributed by atoms with Crippen molar-refractivity contribution in [2.45, 2.75) is 40.7 Å². The number of rotatable bonds is 7. The van der Waals surface area contributed by atoms with Crippen LogP contribution < -0.4 is 14.4 Å². The van der Waals surface area contributed by atoms with E-state index < -0.39 is 15.9 Å². The van der Waals surface area contributed by atoms with Crippen LogP contribution in [0, 0.1) is 20.8 Å². The molecule has 2 aromatic carbocycles. The van der Waals surface area contributed by atoms with Gasteiger partial charge in [-0.3, -0.25) is 9.10 Å². The number of benzene rings is 2. The highest BCUT2D eigenvalue weighted by Crippen LogP contribution is 2.24. The first-order valence-electron chi connectivity index (χ1n) is 9.09. The maximum absolute atomic E-state index is 12.6. The van der Waals surface area contributed by atoms with Gasteiger partial charge in [-0.2, -0.15) is 0 Å². The average Bonchev–Trinajstić information content (AvgIpc) is 2.55. The molecule has 0 unspecified atom stereocenters. The van der Waals surface area contributed by atoms with E-state index in [0.717, 1.165) is 27.3 Å². The molecule has 0 saturated heterocycles. The van der Waals surface area contributed by atoms with Crippen LogP contribution in [0.3, 0.4) is 0 Å². The van der Waals surface area contributed by atoms with Crippen molar-refractivity contribution in [3.8, 4) is 5.75 Å². The molecule has 1 amide bonds. The second-order valence-electron chi connectivity index (χ2n) is 7.25. The summed E-state index contributed by atoms with van der Waals surface area (Å²) in [5.74, 6) is 0.241. The lowest BCUT2D eigenvalue weighted by Crippen LogP contribution is -2.37. The van der Waals surface area contributed by atoms with Crippen molar-refractivity contribution in [3.63, 3.8) is 0 Å². The standard InChI is InChI=1S/C21H28N2O4S/c1-14(2)27-19-9-7-18(8-10-19)23(28(6,25)26)13-20(24)22-21-16(4)11-15(3)12-17(21)5/h7-12,14H,13H2,1-6H3,(H,22,24). The van der Waals surface area contributed by atoms with E-state index in [-0.39, 0.29) is 12.6 Å². The lowest BCUT2D eigenvalue weighted by Gasteiger charge is -2.23. The van der Waals surface area contributed by atoms with E-state index in [1.807, 2.05) is 46.8 Å². The summed E-state index contributed by atoms with van der Waals surface area (Å²) in [6.07, 6.45) is 1.10. The molecule has 2 aromatic rings. The lowest BCUT2D eigenvalue weighted by molar-refractivity contribution is -0.114. The van der Waals surface area contributed by atoms with Crippen LogP contribution in [-0.4, -0.2) is 33.2 Å². The smallest absolute Gasteiger partial charge is 0.245 e. The molecule has 0 spiro atoms. The summed E-state index contributed by atoms with van der Waals surface area (Å²) < 4.78 is 31.2. The van der Waals surface area contributed by atoms with Gasteiger partial charge in [-0.05, 0) is 70.0 Å². The fourth-order valence-corrected chi connectivity index (χ4v) is 3.91. The minimum atomic E-state index is -3.64. The molecule has 28 heavy (non-hydrogen) atoms. The van der Waals surface area contributed by atoms with Crippen LogP contribution in [0.4, 0.5) is 11.4 Å². The van der Waals surface area contributed by atoms with Gasteiger partial charge in [-0.1, -0.05) is 17.7 Å². The molecule has 0 atom stereocenters. The van der Waals surface area contributed by atoms with E-state index in [0.29, 0.717) is 17.1 Å². The van der Waals surface area contributed by atoms with E-state index >= 15 is 0 Å². The molecule has 0 bridgehead atoms. The van der Waals surface area contributed by atoms with Gasteiger partial charge in [-0.25, -0.2) is 8.42 Å². The van der Waals surface area contributed by atoms with Crippen LogP contribution in [0.2, 0.25) is 0 Å². The molecule has 7 heteroatoms. The third kappa shape index (κ3) is 5.73. The highest BCUT2D eigenvalue weighted by Gasteiger charge is 2.21. The Morgan fingerprint density at radius 1 is 1.07 bits per heavy atom. The number of ether oxygens (including phenoxy) is 1. The first-order valence-corrected chi connectivity index (χ1v) is 10.9. The Balaban J connectivity index is 2.22. The zero-order valence-corrected chi connectivity index (χ0v) is 18.1. The van der Waals surface area contributed by atoms with Crippen molar-refractivity contribution in [3.05, 3.63) is 53.1 Å². The van der Waals surface area contributed by atoms with Gasteiger partial charge >= 0.3 is 0 Å². The molecule has 152 valence electrons. The monoisotopic (exact) mass is 404 g/mol. The van der Waals surface area contributed by atoms with Crippen molar-refractivity contribution < 1.29 is 17.9 Å². The number of nitrogens with zero attached hydrogens (tertiary/aromatic N) is 1. The van der Waals surface area contributed by atoms with E-state index in [2.05, 4.69) is 5.32 Å². The highest BCUT2D eigenvalue weighted by atomic mass is 32.2. The molecular formula is C21H28N2O4S. The minimum Gasteiger partial charge on any atom is -0.491 e. The average molecular weight is 405 g/mol. The Kier molecular flexibility index (Phi) is 6.72. The van der Waals surface area contributed by atoms with Gasteiger partial charge in [0.1, 0.15) is 12.3 Å². The molecule has 0 aliphatic heterocycles. The van der Waals surface area contributed by atoms with E-state index in [4.69, 9.17) is 4.74 Å². The van der Waals surface area contributed by atoms with Crippen LogP contribution in [0.5, 0.6) is 5.75 Å². The summed E-state index contributed by atoms with van der Waals surface area (Å²) in [7, 11) is -3.64. The van der Waals surface area contributed by atoms with Crippen LogP contribution in [0.15, 0.2) is 36.4 Å². The van der Waals surface area contributed by atoms with Crippen LogP contribution in [0.25, 0.3) is 0 Å². The number of aryl methyl sites for hydroxylation is 3. The van der Waals surface area contributed by atoms with Gasteiger partial charge in [0.05, 0.1) is 18.0 Å². The van der Waals surface area contributed by atoms with E-state index in [1.165, 1.54) is 0 Å². The quantitative estimate of drug-likeness (QED) is 0.761. The molecule has 2 rings (SSSR count). The number of hydrogen-bond donors (Lipinski definition) is 1. The largest absolute Gasteiger partial charge is 0.491 e. The molecule has 0 aromatic heterocycles. The third-order valence-electron chi connectivity index (χ3n) is 4.13. The maximum Gasteiger partial charge on any atom is 0.245 e. The first-order chi connectivity index (χ1) is 13.0. The van der Waals surface area contributed by atoms with Crippen LogP contribution in [0.1, 0.15) is 30.5 Å². The number of carbonyl (C=O) groups excluding carboxylic acids is 1. The Morgan fingerprint density at radius 2 is 1.61 bits per heavy atom. The van der Waals surface area contributed by atoms with Gasteiger partial charge in [0.15, 0.2) is 0 Å². The van der Waals surface area contributed by atoms with Gasteiger partial charge in [0.2, 0.25) is 15.9 Å². The van der Waals surface area contributed by atoms with E-state index in [1.54, 1.807) is 24.3 Å². The normalized spacial score (nSPS) is 11.4. The minimum absolute atomic E-state index is 0.0172. The molecular weight excluding hydrogens is 376 g/mol. The topological polar surface area (TPSA) is 75.7 Å². The van der Waals surface area contributed by atoms with Gasteiger partial charge in [0, 0.05) is 5.69 Å². The summed E-state index contributed by atoms with van der Waals surface area (Å²) in [6, 6.07) is 10.6. The molecule has 0 radical (unpaired) electrons. The number of anilines is 2. The van der Waals surface area contributed by atoms with Crippen molar-refractivity contribution >= 4 is 27.3 Å². The second kappa shape index (κ2) is 8.65. The number of sulfonamides is 1. The number of nitrogens with one attached hydrogen (secondary N) is 1. The molecule has 6 nitrogen and oxygen atoms in total. The summed E-state index contributed by atoms with van der Waals surface area (Å²) in [4.78, 5) is 12.6. The summed E-state index contributed by atoms with van der Waals surface area (Å²) in [5, 5.41) is 2.85. The van der Waals surface area contributed by atoms with Gasteiger partial charge in [0.25, 0.3) is 0 Å². The van der Waals surface area contributed by atoms with Crippen molar-refractivity contribution in [2.24, 2.45) is 0 Å². The van der Waals surface area contributed by atoms with Crippen molar-refractivity contribution in [2.75, 3.05) is 22.4 Å². The van der Waals surface area contributed by atoms with Crippen LogP contribution in [-0.2, 0) is 14.8 Å². The zero-order chi connectivity index (χ0) is 21.1. The fraction of sp³-hybridized carbons (Fsp3) is 0.381. The lowest BCUT2D eigenvalue weighted by atomic mass is 10.1. The molecule has 0 aliphatic rings. The second-order valence-corrected chi connectivity index (χ2v) is 9.16. The maximum atomic E-state index is 12.6. The third-order valence-corrected chi connectivity index (χ3v) is 5.27. The molecule has 0 fully saturated rings. The highest BCUT2D eigenvalue weighted by molar-refractivity contribution is 7.92. The molecule has 1 N–H and O–H groups in total. The number of hydrogen-bond acceptors (Lipinski definition) is 4. The van der Waals surface area contributed by atoms with Crippen molar-refractivity contribution in [1.29, 1.82) is 0 Å². The Morgan fingerprint density at radius 3 is 2.07 bits per heavy atom. The van der Waals surface area contributed by atoms with E-state index in [9.17, 15) is 13.2 Å². The van der Waals surface area contributed by atoms with Gasteiger partial charge in [-0.15, -0.1) is 0 Å². The Labute approximate surface area is 167 Å². The predicted octanol–water partition coefficient (Wildman–Crippen LogP) is 3.80. The number of carbonyl (C=O) groups is 1. The van der Waals surface area contributed by atoms with Crippen LogP contribution >= 0.6 is 0 Å². The number of amides is 1.